The molecule has 0 fully saturated rings. The fraction of sp³-hybridized carbons (Fsp3) is 0.600. The molecule has 14 heteroatoms. The molecule has 0 aliphatic heterocycles. The van der Waals surface area contributed by atoms with Gasteiger partial charge in [-0.1, -0.05) is 0 Å². The van der Waals surface area contributed by atoms with E-state index in [9.17, 15) is 19.2 Å². The summed E-state index contributed by atoms with van der Waals surface area (Å²) in [4.78, 5) is 48.3. The van der Waals surface area contributed by atoms with Crippen molar-refractivity contribution in [3.63, 3.8) is 0 Å². The minimum atomic E-state index is -0.522. The fourth-order valence-corrected chi connectivity index (χ4v) is 1.71. The number of nitrogens with one attached hydrogen (secondary N) is 4. The first-order valence-electron chi connectivity index (χ1n) is 6.78. The number of hydrazine groups is 4. The quantitative estimate of drug-likeness (QED) is 0.0999. The number of nitrogens with zero attached hydrogens (tertiary/aromatic N) is 2. The van der Waals surface area contributed by atoms with Crippen LogP contribution in [0.1, 0.15) is 0 Å². The van der Waals surface area contributed by atoms with E-state index in [0.717, 1.165) is 0 Å². The van der Waals surface area contributed by atoms with Gasteiger partial charge in [-0.15, -0.1) is 0 Å². The Morgan fingerprint density at radius 1 is 0.542 bits per heavy atom. The Labute approximate surface area is 138 Å². The van der Waals surface area contributed by atoms with E-state index in [1.165, 1.54) is 9.80 Å². The van der Waals surface area contributed by atoms with E-state index in [0.29, 0.717) is 0 Å². The molecule has 138 valence electrons. The minimum absolute atomic E-state index is 0.163. The van der Waals surface area contributed by atoms with Gasteiger partial charge in [0.15, 0.2) is 0 Å². The molecule has 0 saturated carbocycles. The Hall–Kier alpha value is -2.36. The number of carbonyl (C=O) groups is 4. The third kappa shape index (κ3) is 9.62. The van der Waals surface area contributed by atoms with E-state index in [1.54, 1.807) is 0 Å². The van der Waals surface area contributed by atoms with Gasteiger partial charge in [-0.3, -0.25) is 50.7 Å². The Morgan fingerprint density at radius 3 is 0.917 bits per heavy atom. The second kappa shape index (κ2) is 12.1. The summed E-state index contributed by atoms with van der Waals surface area (Å²) in [6.07, 6.45) is 0. The van der Waals surface area contributed by atoms with Crippen molar-refractivity contribution in [3.05, 3.63) is 0 Å². The van der Waals surface area contributed by atoms with Gasteiger partial charge in [0.2, 0.25) is 23.6 Å². The molecule has 0 radical (unpaired) electrons. The van der Waals surface area contributed by atoms with Gasteiger partial charge in [0.05, 0.1) is 26.2 Å². The summed E-state index contributed by atoms with van der Waals surface area (Å²) in [5.74, 6) is 18.0. The summed E-state index contributed by atoms with van der Waals surface area (Å²) in [6.45, 7) is -0.380. The van der Waals surface area contributed by atoms with Crippen molar-refractivity contribution in [3.8, 4) is 0 Å². The highest BCUT2D eigenvalue weighted by Crippen LogP contribution is 1.94. The molecule has 0 atom stereocenters. The maximum atomic E-state index is 11.4. The highest BCUT2D eigenvalue weighted by molar-refractivity contribution is 5.81. The number of hydrogen-bond acceptors (Lipinski definition) is 10. The average Bonchev–Trinajstić information content (AvgIpc) is 2.58. The highest BCUT2D eigenvalue weighted by Gasteiger charge is 2.18. The zero-order valence-electron chi connectivity index (χ0n) is 13.1. The van der Waals surface area contributed by atoms with Crippen molar-refractivity contribution >= 4 is 23.6 Å². The largest absolute Gasteiger partial charge is 0.293 e. The van der Waals surface area contributed by atoms with Crippen molar-refractivity contribution in [2.24, 2.45) is 23.4 Å². The normalized spacial score (nSPS) is 10.4. The van der Waals surface area contributed by atoms with E-state index in [2.05, 4.69) is 0 Å². The fourth-order valence-electron chi connectivity index (χ4n) is 1.71. The van der Waals surface area contributed by atoms with E-state index < -0.39 is 23.6 Å². The van der Waals surface area contributed by atoms with Crippen molar-refractivity contribution in [2.45, 2.75) is 0 Å². The molecule has 0 heterocycles. The Balaban J connectivity index is 4.78. The maximum absolute atomic E-state index is 11.4. The third-order valence-corrected chi connectivity index (χ3v) is 2.85. The van der Waals surface area contributed by atoms with E-state index in [4.69, 9.17) is 23.4 Å². The van der Waals surface area contributed by atoms with E-state index in [1.807, 2.05) is 21.7 Å². The van der Waals surface area contributed by atoms with Gasteiger partial charge in [0.25, 0.3) is 0 Å². The average molecular weight is 348 g/mol. The van der Waals surface area contributed by atoms with Crippen LogP contribution in [0.3, 0.4) is 0 Å². The lowest BCUT2D eigenvalue weighted by Gasteiger charge is -2.25. The Kier molecular flexibility index (Phi) is 10.9. The molecule has 0 saturated heterocycles. The van der Waals surface area contributed by atoms with Crippen LogP contribution < -0.4 is 45.1 Å². The smallest absolute Gasteiger partial charge is 0.248 e. The molecule has 0 bridgehead atoms. The van der Waals surface area contributed by atoms with Crippen LogP contribution in [0.5, 0.6) is 0 Å². The number of rotatable bonds is 11. The first-order valence-corrected chi connectivity index (χ1v) is 6.78. The third-order valence-electron chi connectivity index (χ3n) is 2.85. The van der Waals surface area contributed by atoms with Crippen molar-refractivity contribution in [1.29, 1.82) is 0 Å². The minimum Gasteiger partial charge on any atom is -0.293 e. The van der Waals surface area contributed by atoms with Gasteiger partial charge in [0.1, 0.15) is 0 Å². The molecule has 12 N–H and O–H groups in total. The number of nitrogens with two attached hydrogens (primary N) is 4. The summed E-state index contributed by atoms with van der Waals surface area (Å²) in [5.41, 5.74) is 7.75. The Morgan fingerprint density at radius 2 is 0.750 bits per heavy atom. The van der Waals surface area contributed by atoms with Crippen molar-refractivity contribution in [1.82, 2.24) is 31.5 Å². The predicted molar refractivity (Wildman–Crippen MR) is 82.2 cm³/mol. The molecular formula is C10H24N10O4. The summed E-state index contributed by atoms with van der Waals surface area (Å²) in [6, 6.07) is 0. The molecule has 4 amide bonds. The van der Waals surface area contributed by atoms with Crippen LogP contribution in [-0.4, -0.2) is 72.7 Å². The van der Waals surface area contributed by atoms with Crippen LogP contribution >= 0.6 is 0 Å². The molecule has 0 aromatic carbocycles. The number of hydrogen-bond donors (Lipinski definition) is 8. The molecule has 14 nitrogen and oxygen atoms in total. The van der Waals surface area contributed by atoms with Crippen molar-refractivity contribution < 1.29 is 19.2 Å². The lowest BCUT2D eigenvalue weighted by Crippen LogP contribution is -2.50. The number of amides is 4. The van der Waals surface area contributed by atoms with Crippen LogP contribution in [0.25, 0.3) is 0 Å². The van der Waals surface area contributed by atoms with Gasteiger partial charge < -0.3 is 0 Å². The van der Waals surface area contributed by atoms with Crippen LogP contribution in [0.2, 0.25) is 0 Å². The van der Waals surface area contributed by atoms with Crippen LogP contribution in [0.15, 0.2) is 0 Å². The monoisotopic (exact) mass is 348 g/mol. The van der Waals surface area contributed by atoms with Gasteiger partial charge in [-0.25, -0.2) is 23.4 Å². The topological polar surface area (TPSA) is 227 Å². The second-order valence-corrected chi connectivity index (χ2v) is 4.69. The highest BCUT2D eigenvalue weighted by atomic mass is 16.2. The van der Waals surface area contributed by atoms with E-state index >= 15 is 0 Å². The SMILES string of the molecule is NNC(=O)CN(CCN(CC(=O)NN)CC(=O)NN)CC(=O)NN. The molecule has 0 spiro atoms. The summed E-state index contributed by atoms with van der Waals surface area (Å²) in [5, 5.41) is 0. The van der Waals surface area contributed by atoms with Gasteiger partial charge in [0, 0.05) is 13.1 Å². The molecule has 0 aromatic rings. The zero-order chi connectivity index (χ0) is 18.5. The van der Waals surface area contributed by atoms with Crippen LogP contribution in [0, 0.1) is 0 Å². The summed E-state index contributed by atoms with van der Waals surface area (Å²) in [7, 11) is 0. The second-order valence-electron chi connectivity index (χ2n) is 4.69. The molecular weight excluding hydrogens is 324 g/mol. The summed E-state index contributed by atoms with van der Waals surface area (Å²) < 4.78 is 0. The molecule has 0 aromatic heterocycles. The van der Waals surface area contributed by atoms with Gasteiger partial charge in [-0.05, 0) is 0 Å². The molecule has 0 aliphatic rings. The van der Waals surface area contributed by atoms with E-state index in [-0.39, 0.29) is 39.3 Å². The van der Waals surface area contributed by atoms with Gasteiger partial charge in [-0.2, -0.15) is 0 Å². The molecule has 0 aliphatic carbocycles. The van der Waals surface area contributed by atoms with Crippen LogP contribution in [-0.2, 0) is 19.2 Å². The Bertz CT molecular complexity index is 369. The maximum Gasteiger partial charge on any atom is 0.248 e. The first-order chi connectivity index (χ1) is 11.4. The molecule has 0 unspecified atom stereocenters. The predicted octanol–water partition coefficient (Wildman–Crippen LogP) is -6.45. The molecule has 24 heavy (non-hydrogen) atoms. The van der Waals surface area contributed by atoms with Crippen molar-refractivity contribution in [2.75, 3.05) is 39.3 Å². The lowest BCUT2D eigenvalue weighted by molar-refractivity contribution is -0.128. The number of carbonyl (C=O) groups excluding carboxylic acids is 4. The molecule has 0 rings (SSSR count). The van der Waals surface area contributed by atoms with Gasteiger partial charge >= 0.3 is 0 Å². The van der Waals surface area contributed by atoms with Crippen LogP contribution in [0.4, 0.5) is 0 Å². The zero-order valence-corrected chi connectivity index (χ0v) is 13.1. The lowest BCUT2D eigenvalue weighted by atomic mass is 10.3. The first kappa shape index (κ1) is 21.6. The summed E-state index contributed by atoms with van der Waals surface area (Å²) >= 11 is 0. The standard InChI is InChI=1S/C10H24N10O4/c11-15-7(21)3-19(4-8(22)16-12)1-2-20(5-9(23)17-13)6-10(24)18-14/h1-6,11-14H2,(H,15,21)(H,16,22)(H,17,23)(H,18,24).